The fraction of sp³-hybridized carbons (Fsp3) is 0.333. The van der Waals surface area contributed by atoms with E-state index in [4.69, 9.17) is 4.74 Å². The summed E-state index contributed by atoms with van der Waals surface area (Å²) in [4.78, 5) is 29.5. The molecule has 4 aromatic rings. The van der Waals surface area contributed by atoms with Crippen molar-refractivity contribution in [3.63, 3.8) is 0 Å². The third-order valence-corrected chi connectivity index (χ3v) is 7.49. The summed E-state index contributed by atoms with van der Waals surface area (Å²) in [7, 11) is 0. The Morgan fingerprint density at radius 1 is 1.22 bits per heavy atom. The first-order valence-electron chi connectivity index (χ1n) is 12.3. The van der Waals surface area contributed by atoms with Crippen LogP contribution in [0.15, 0.2) is 54.9 Å². The fourth-order valence-corrected chi connectivity index (χ4v) is 5.80. The predicted molar refractivity (Wildman–Crippen MR) is 144 cm³/mol. The fourth-order valence-electron chi connectivity index (χ4n) is 4.87. The van der Waals surface area contributed by atoms with Crippen LogP contribution >= 0.6 is 11.3 Å². The molecule has 1 aliphatic rings. The number of para-hydroxylation sites is 1. The molecule has 1 fully saturated rings. The zero-order chi connectivity index (χ0) is 25.9. The minimum Gasteiger partial charge on any atom is -0.437 e. The van der Waals surface area contributed by atoms with Crippen LogP contribution in [0.2, 0.25) is 0 Å². The highest BCUT2D eigenvalue weighted by Crippen LogP contribution is 2.35. The lowest BCUT2D eigenvalue weighted by Crippen LogP contribution is -2.53. The molecule has 0 radical (unpaired) electrons. The van der Waals surface area contributed by atoms with Gasteiger partial charge in [0, 0.05) is 44.7 Å². The topological polar surface area (TPSA) is 83.5 Å². The molecular formula is C27H29FN6O2S. The summed E-state index contributed by atoms with van der Waals surface area (Å²) in [6.07, 6.45) is 2.46. The maximum Gasteiger partial charge on any atom is 0.224 e. The molecule has 0 bridgehead atoms. The minimum absolute atomic E-state index is 0.167. The summed E-state index contributed by atoms with van der Waals surface area (Å²) < 4.78 is 20.5. The van der Waals surface area contributed by atoms with Crippen LogP contribution < -0.4 is 15.0 Å². The number of benzene rings is 2. The molecule has 1 saturated heterocycles. The molecule has 1 N–H and O–H groups in total. The zero-order valence-electron chi connectivity index (χ0n) is 21.0. The first kappa shape index (κ1) is 25.0. The minimum atomic E-state index is -0.211. The van der Waals surface area contributed by atoms with Crippen molar-refractivity contribution in [1.29, 1.82) is 0 Å². The highest BCUT2D eigenvalue weighted by Gasteiger charge is 2.30. The second kappa shape index (κ2) is 10.8. The van der Waals surface area contributed by atoms with Crippen LogP contribution in [0.1, 0.15) is 38.8 Å². The van der Waals surface area contributed by atoms with Gasteiger partial charge >= 0.3 is 0 Å². The van der Waals surface area contributed by atoms with Crippen molar-refractivity contribution in [1.82, 2.24) is 19.9 Å². The van der Waals surface area contributed by atoms with E-state index in [1.54, 1.807) is 0 Å². The van der Waals surface area contributed by atoms with Gasteiger partial charge in [0.05, 0.1) is 4.70 Å². The molecular weight excluding hydrogens is 491 g/mol. The van der Waals surface area contributed by atoms with Gasteiger partial charge in [-0.1, -0.05) is 36.5 Å². The highest BCUT2D eigenvalue weighted by atomic mass is 32.1. The van der Waals surface area contributed by atoms with Crippen LogP contribution in [0.3, 0.4) is 0 Å². The Bertz CT molecular complexity index is 1400. The second-order valence-electron chi connectivity index (χ2n) is 9.13. The van der Waals surface area contributed by atoms with Gasteiger partial charge in [-0.15, -0.1) is 0 Å². The van der Waals surface area contributed by atoms with Gasteiger partial charge in [-0.2, -0.15) is 0 Å². The number of fused-ring (bicyclic) bond motifs is 1. The van der Waals surface area contributed by atoms with E-state index in [0.29, 0.717) is 22.3 Å². The van der Waals surface area contributed by atoms with Crippen LogP contribution in [0.5, 0.6) is 11.6 Å². The van der Waals surface area contributed by atoms with E-state index in [0.717, 1.165) is 42.1 Å². The van der Waals surface area contributed by atoms with Crippen molar-refractivity contribution in [2.45, 2.75) is 39.3 Å². The Labute approximate surface area is 219 Å². The molecule has 8 nitrogen and oxygen atoms in total. The van der Waals surface area contributed by atoms with Gasteiger partial charge in [-0.25, -0.2) is 19.3 Å². The molecule has 37 heavy (non-hydrogen) atoms. The van der Waals surface area contributed by atoms with Gasteiger partial charge < -0.3 is 15.0 Å². The quantitative estimate of drug-likeness (QED) is 0.338. The zero-order valence-corrected chi connectivity index (χ0v) is 21.8. The van der Waals surface area contributed by atoms with E-state index in [1.165, 1.54) is 36.7 Å². The molecule has 0 unspecified atom stereocenters. The monoisotopic (exact) mass is 520 g/mol. The predicted octanol–water partition coefficient (Wildman–Crippen LogP) is 5.64. The van der Waals surface area contributed by atoms with E-state index in [1.807, 2.05) is 36.4 Å². The second-order valence-corrected chi connectivity index (χ2v) is 10.2. The number of carbonyl (C=O) groups is 1. The summed E-state index contributed by atoms with van der Waals surface area (Å²) in [6.45, 7) is 8.31. The Balaban J connectivity index is 1.30. The van der Waals surface area contributed by atoms with Crippen LogP contribution in [-0.4, -0.2) is 51.4 Å². The Hall–Kier alpha value is -3.63. The largest absolute Gasteiger partial charge is 0.437 e. The number of halogens is 1. The Morgan fingerprint density at radius 3 is 2.76 bits per heavy atom. The van der Waals surface area contributed by atoms with Gasteiger partial charge in [0.25, 0.3) is 0 Å². The standard InChI is InChI=1S/C27H29FN6O2S/c1-4-21(19-8-10-20(28)11-9-19)34-13-12-33(15-17(34)2)24-14-25(30-16-29-24)36-22-6-5-7-23-26(22)32-27(37-23)31-18(3)35/h5-11,14,16-17,21H,4,12-13,15H2,1-3H3,(H,31,32,35)/t17-,21-/m1/s1. The van der Waals surface area contributed by atoms with E-state index in [2.05, 4.69) is 43.9 Å². The van der Waals surface area contributed by atoms with Crippen LogP contribution in [-0.2, 0) is 4.79 Å². The molecule has 3 heterocycles. The molecule has 5 rings (SSSR count). The van der Waals surface area contributed by atoms with Gasteiger partial charge in [-0.3, -0.25) is 9.69 Å². The van der Waals surface area contributed by atoms with Crippen molar-refractivity contribution in [2.24, 2.45) is 0 Å². The van der Waals surface area contributed by atoms with Crippen molar-refractivity contribution in [3.05, 3.63) is 66.2 Å². The van der Waals surface area contributed by atoms with E-state index in [9.17, 15) is 9.18 Å². The third kappa shape index (κ3) is 5.55. The molecule has 0 aliphatic carbocycles. The lowest BCUT2D eigenvalue weighted by Gasteiger charge is -2.44. The molecule has 1 aliphatic heterocycles. The average molecular weight is 521 g/mol. The number of nitrogens with one attached hydrogen (secondary N) is 1. The normalized spacial score (nSPS) is 17.1. The molecule has 0 spiro atoms. The maximum atomic E-state index is 13.4. The van der Waals surface area contributed by atoms with Gasteiger partial charge in [0.1, 0.15) is 23.5 Å². The number of aromatic nitrogens is 3. The number of rotatable bonds is 7. The first-order valence-corrected chi connectivity index (χ1v) is 13.2. The number of ether oxygens (including phenoxy) is 1. The number of amides is 1. The maximum absolute atomic E-state index is 13.4. The van der Waals surface area contributed by atoms with Crippen LogP contribution in [0, 0.1) is 5.82 Å². The first-order chi connectivity index (χ1) is 17.9. The number of thiazole rings is 1. The summed E-state index contributed by atoms with van der Waals surface area (Å²) >= 11 is 1.39. The van der Waals surface area contributed by atoms with Crippen molar-refractivity contribution in [2.75, 3.05) is 29.9 Å². The summed E-state index contributed by atoms with van der Waals surface area (Å²) in [6, 6.07) is 14.9. The molecule has 10 heteroatoms. The van der Waals surface area contributed by atoms with Gasteiger partial charge in [0.2, 0.25) is 11.8 Å². The Morgan fingerprint density at radius 2 is 2.03 bits per heavy atom. The molecule has 192 valence electrons. The third-order valence-electron chi connectivity index (χ3n) is 6.55. The summed E-state index contributed by atoms with van der Waals surface area (Å²) in [5.41, 5.74) is 1.81. The average Bonchev–Trinajstić information content (AvgIpc) is 3.29. The molecule has 2 aromatic carbocycles. The number of nitrogens with zero attached hydrogens (tertiary/aromatic N) is 5. The van der Waals surface area contributed by atoms with Crippen molar-refractivity contribution in [3.8, 4) is 11.6 Å². The van der Waals surface area contributed by atoms with Gasteiger partial charge in [-0.05, 0) is 43.2 Å². The number of carbonyl (C=O) groups excluding carboxylic acids is 1. The molecule has 2 atom stereocenters. The molecule has 1 amide bonds. The van der Waals surface area contributed by atoms with E-state index in [-0.39, 0.29) is 23.8 Å². The SMILES string of the molecule is CC[C@H](c1ccc(F)cc1)N1CCN(c2cc(Oc3cccc4sc(NC(C)=O)nc34)ncn2)C[C@H]1C. The summed E-state index contributed by atoms with van der Waals surface area (Å²) in [5.74, 6) is 1.42. The summed E-state index contributed by atoms with van der Waals surface area (Å²) in [5, 5.41) is 3.26. The Kier molecular flexibility index (Phi) is 7.29. The lowest BCUT2D eigenvalue weighted by atomic mass is 9.99. The van der Waals surface area contributed by atoms with Crippen molar-refractivity contribution < 1.29 is 13.9 Å². The van der Waals surface area contributed by atoms with Gasteiger partial charge in [0.15, 0.2) is 10.9 Å². The van der Waals surface area contributed by atoms with Crippen molar-refractivity contribution >= 4 is 38.4 Å². The molecule has 2 aromatic heterocycles. The number of hydrogen-bond acceptors (Lipinski definition) is 8. The van der Waals surface area contributed by atoms with E-state index < -0.39 is 0 Å². The molecule has 0 saturated carbocycles. The van der Waals surface area contributed by atoms with E-state index >= 15 is 0 Å². The smallest absolute Gasteiger partial charge is 0.224 e. The number of hydrogen-bond donors (Lipinski definition) is 1. The van der Waals surface area contributed by atoms with Crippen LogP contribution in [0.4, 0.5) is 15.3 Å². The lowest BCUT2D eigenvalue weighted by molar-refractivity contribution is -0.114. The highest BCUT2D eigenvalue weighted by molar-refractivity contribution is 7.22. The number of piperazine rings is 1. The number of anilines is 2. The van der Waals surface area contributed by atoms with Crippen LogP contribution in [0.25, 0.3) is 10.2 Å².